The Morgan fingerprint density at radius 1 is 1.41 bits per heavy atom. The largest absolute Gasteiger partial charge is 0.493 e. The summed E-state index contributed by atoms with van der Waals surface area (Å²) in [5.41, 5.74) is 1.10. The van der Waals surface area contributed by atoms with Gasteiger partial charge in [0, 0.05) is 24.3 Å². The van der Waals surface area contributed by atoms with Crippen molar-refractivity contribution in [1.29, 1.82) is 0 Å². The van der Waals surface area contributed by atoms with Crippen molar-refractivity contribution >= 4 is 29.3 Å². The van der Waals surface area contributed by atoms with Gasteiger partial charge in [0.2, 0.25) is 0 Å². The number of hydrogen-bond acceptors (Lipinski definition) is 6. The maximum atomic E-state index is 12.1. The number of nitro groups is 1. The van der Waals surface area contributed by atoms with Crippen LogP contribution in [0.15, 0.2) is 24.3 Å². The smallest absolute Gasteiger partial charge is 0.336 e. The lowest BCUT2D eigenvalue weighted by Gasteiger charge is -2.07. The molecule has 0 saturated carbocycles. The van der Waals surface area contributed by atoms with Gasteiger partial charge >= 0.3 is 5.97 Å². The van der Waals surface area contributed by atoms with Crippen LogP contribution in [0.25, 0.3) is 6.08 Å². The minimum Gasteiger partial charge on any atom is -0.493 e. The van der Waals surface area contributed by atoms with Crippen molar-refractivity contribution in [2.24, 2.45) is 0 Å². The van der Waals surface area contributed by atoms with E-state index in [0.29, 0.717) is 23.0 Å². The van der Waals surface area contributed by atoms with Crippen LogP contribution < -0.4 is 9.47 Å². The number of benzene rings is 1. The van der Waals surface area contributed by atoms with Crippen LogP contribution in [0.1, 0.15) is 31.0 Å². The third-order valence-corrected chi connectivity index (χ3v) is 4.19. The summed E-state index contributed by atoms with van der Waals surface area (Å²) in [6, 6.07) is 3.76. The SMILES string of the molecule is CCCCn1nc(C)c(/C=C/C(=O)Oc2cc([N+](=O)[O-])ccc2OC)c1Cl. The van der Waals surface area contributed by atoms with Gasteiger partial charge in [-0.2, -0.15) is 5.10 Å². The number of halogens is 1. The number of aryl methyl sites for hydroxylation is 2. The Labute approximate surface area is 161 Å². The molecule has 27 heavy (non-hydrogen) atoms. The summed E-state index contributed by atoms with van der Waals surface area (Å²) in [5, 5.41) is 15.7. The Balaban J connectivity index is 2.18. The van der Waals surface area contributed by atoms with Crippen LogP contribution in [0.4, 0.5) is 5.69 Å². The molecule has 1 heterocycles. The second kappa shape index (κ2) is 9.18. The van der Waals surface area contributed by atoms with E-state index in [1.165, 1.54) is 31.4 Å². The van der Waals surface area contributed by atoms with E-state index in [4.69, 9.17) is 21.1 Å². The van der Waals surface area contributed by atoms with Crippen LogP contribution in [-0.4, -0.2) is 27.8 Å². The van der Waals surface area contributed by atoms with Crippen LogP contribution in [0, 0.1) is 17.0 Å². The first-order chi connectivity index (χ1) is 12.9. The highest BCUT2D eigenvalue weighted by atomic mass is 35.5. The van der Waals surface area contributed by atoms with Gasteiger partial charge in [0.05, 0.1) is 23.8 Å². The zero-order valence-electron chi connectivity index (χ0n) is 15.3. The molecule has 2 rings (SSSR count). The number of esters is 1. The number of carbonyl (C=O) groups excluding carboxylic acids is 1. The summed E-state index contributed by atoms with van der Waals surface area (Å²) in [6.07, 6.45) is 4.66. The van der Waals surface area contributed by atoms with Gasteiger partial charge in [0.15, 0.2) is 11.5 Å². The Bertz CT molecular complexity index is 876. The Hall–Kier alpha value is -2.87. The molecule has 0 spiro atoms. The zero-order valence-corrected chi connectivity index (χ0v) is 16.0. The predicted octanol–water partition coefficient (Wildman–Crippen LogP) is 4.18. The molecular formula is C18H20ClN3O5. The summed E-state index contributed by atoms with van der Waals surface area (Å²) in [4.78, 5) is 22.4. The number of unbranched alkanes of at least 4 members (excludes halogenated alkanes) is 1. The molecule has 0 aliphatic heterocycles. The first-order valence-electron chi connectivity index (χ1n) is 8.32. The van der Waals surface area contributed by atoms with Crippen LogP contribution in [0.2, 0.25) is 5.15 Å². The van der Waals surface area contributed by atoms with Crippen LogP contribution >= 0.6 is 11.6 Å². The van der Waals surface area contributed by atoms with Gasteiger partial charge in [-0.3, -0.25) is 14.8 Å². The number of hydrogen-bond donors (Lipinski definition) is 0. The molecule has 144 valence electrons. The lowest BCUT2D eigenvalue weighted by Crippen LogP contribution is -2.05. The molecule has 2 aromatic rings. The molecule has 1 aromatic heterocycles. The monoisotopic (exact) mass is 393 g/mol. The first-order valence-corrected chi connectivity index (χ1v) is 8.70. The van der Waals surface area contributed by atoms with E-state index in [0.717, 1.165) is 18.9 Å². The van der Waals surface area contributed by atoms with Crippen molar-refractivity contribution in [1.82, 2.24) is 9.78 Å². The van der Waals surface area contributed by atoms with Gasteiger partial charge in [-0.05, 0) is 25.5 Å². The maximum absolute atomic E-state index is 12.1. The molecule has 0 radical (unpaired) electrons. The number of nitrogens with zero attached hydrogens (tertiary/aromatic N) is 3. The van der Waals surface area contributed by atoms with Crippen molar-refractivity contribution in [2.45, 2.75) is 33.2 Å². The van der Waals surface area contributed by atoms with Gasteiger partial charge in [-0.1, -0.05) is 24.9 Å². The lowest BCUT2D eigenvalue weighted by atomic mass is 10.2. The summed E-state index contributed by atoms with van der Waals surface area (Å²) in [7, 11) is 1.38. The van der Waals surface area contributed by atoms with E-state index in [1.807, 2.05) is 0 Å². The second-order valence-corrected chi connectivity index (χ2v) is 6.07. The van der Waals surface area contributed by atoms with Crippen LogP contribution in [0.3, 0.4) is 0 Å². The minimum atomic E-state index is -0.717. The van der Waals surface area contributed by atoms with Crippen LogP contribution in [0.5, 0.6) is 11.5 Å². The van der Waals surface area contributed by atoms with Crippen molar-refractivity contribution in [2.75, 3.05) is 7.11 Å². The molecule has 0 aliphatic rings. The highest BCUT2D eigenvalue weighted by Crippen LogP contribution is 2.31. The molecule has 9 heteroatoms. The molecule has 0 unspecified atom stereocenters. The highest BCUT2D eigenvalue weighted by molar-refractivity contribution is 6.31. The summed E-state index contributed by atoms with van der Waals surface area (Å²) >= 11 is 6.31. The molecule has 0 N–H and O–H groups in total. The normalized spacial score (nSPS) is 11.0. The second-order valence-electron chi connectivity index (χ2n) is 5.71. The number of nitro benzene ring substituents is 1. The number of non-ortho nitro benzene ring substituents is 1. The topological polar surface area (TPSA) is 96.5 Å². The standard InChI is InChI=1S/C18H20ClN3O5/c1-4-5-10-21-18(19)14(12(2)20-21)7-9-17(23)27-16-11-13(22(24)25)6-8-15(16)26-3/h6-9,11H,4-5,10H2,1-3H3/b9-7+. The zero-order chi connectivity index (χ0) is 20.0. The van der Waals surface area contributed by atoms with Crippen molar-refractivity contribution in [3.05, 3.63) is 50.8 Å². The molecule has 0 bridgehead atoms. The molecule has 0 saturated heterocycles. The third kappa shape index (κ3) is 5.07. The minimum absolute atomic E-state index is 0.0391. The molecular weight excluding hydrogens is 374 g/mol. The van der Waals surface area contributed by atoms with Crippen molar-refractivity contribution in [3.63, 3.8) is 0 Å². The van der Waals surface area contributed by atoms with E-state index in [-0.39, 0.29) is 17.2 Å². The number of aromatic nitrogens is 2. The van der Waals surface area contributed by atoms with E-state index in [1.54, 1.807) is 11.6 Å². The Kier molecular flexibility index (Phi) is 6.95. The average molecular weight is 394 g/mol. The quantitative estimate of drug-likeness (QED) is 0.219. The maximum Gasteiger partial charge on any atom is 0.336 e. The summed E-state index contributed by atoms with van der Waals surface area (Å²) in [6.45, 7) is 4.56. The number of ether oxygens (including phenoxy) is 2. The number of rotatable bonds is 8. The average Bonchev–Trinajstić information content (AvgIpc) is 2.91. The van der Waals surface area contributed by atoms with Gasteiger partial charge in [0.25, 0.3) is 5.69 Å². The summed E-state index contributed by atoms with van der Waals surface area (Å²) in [5.74, 6) is -0.544. The van der Waals surface area contributed by atoms with Gasteiger partial charge in [-0.25, -0.2) is 4.79 Å². The molecule has 0 atom stereocenters. The van der Waals surface area contributed by atoms with Crippen LogP contribution in [-0.2, 0) is 11.3 Å². The lowest BCUT2D eigenvalue weighted by molar-refractivity contribution is -0.384. The molecule has 0 fully saturated rings. The highest BCUT2D eigenvalue weighted by Gasteiger charge is 2.15. The number of carbonyl (C=O) groups is 1. The van der Waals surface area contributed by atoms with E-state index >= 15 is 0 Å². The molecule has 0 aliphatic carbocycles. The fourth-order valence-electron chi connectivity index (χ4n) is 2.37. The van der Waals surface area contributed by atoms with E-state index < -0.39 is 10.9 Å². The van der Waals surface area contributed by atoms with Gasteiger partial charge in [0.1, 0.15) is 5.15 Å². The van der Waals surface area contributed by atoms with Crippen molar-refractivity contribution < 1.29 is 19.2 Å². The fourth-order valence-corrected chi connectivity index (χ4v) is 2.69. The van der Waals surface area contributed by atoms with E-state index in [2.05, 4.69) is 12.0 Å². The molecule has 8 nitrogen and oxygen atoms in total. The Morgan fingerprint density at radius 2 is 2.15 bits per heavy atom. The first kappa shape index (κ1) is 20.4. The molecule has 1 aromatic carbocycles. The van der Waals surface area contributed by atoms with E-state index in [9.17, 15) is 14.9 Å². The molecule has 0 amide bonds. The predicted molar refractivity (Wildman–Crippen MR) is 101 cm³/mol. The van der Waals surface area contributed by atoms with Gasteiger partial charge in [-0.15, -0.1) is 0 Å². The van der Waals surface area contributed by atoms with Crippen molar-refractivity contribution in [3.8, 4) is 11.5 Å². The Morgan fingerprint density at radius 3 is 2.78 bits per heavy atom. The number of methoxy groups -OCH3 is 1. The summed E-state index contributed by atoms with van der Waals surface area (Å²) < 4.78 is 11.9. The third-order valence-electron chi connectivity index (χ3n) is 3.79. The van der Waals surface area contributed by atoms with Gasteiger partial charge < -0.3 is 9.47 Å². The fraction of sp³-hybridized carbons (Fsp3) is 0.333.